The second kappa shape index (κ2) is 7.27. The molecule has 11 heteroatoms. The van der Waals surface area contributed by atoms with Crippen LogP contribution in [0.25, 0.3) is 11.0 Å². The van der Waals surface area contributed by atoms with E-state index in [0.717, 1.165) is 22.4 Å². The standard InChI is InChI=1S/C25H26BF2N5O3/c1-24(2)25(3,4)36-26(35-24)31-13-29-21-14-8-7-11-19(34-23(27)28)20(14)17-12-18(33(21)31)22-30-15-9-5-6-10-16(15)32(17)22/h5-11,17-18,23H,12-13H2,1-4H3/t17-,18-/m1/s1. The monoisotopic (exact) mass is 493 g/mol. The lowest BCUT2D eigenvalue weighted by atomic mass is 9.90. The summed E-state index contributed by atoms with van der Waals surface area (Å²) in [6, 6.07) is 12.7. The molecule has 1 aromatic heterocycles. The zero-order chi connectivity index (χ0) is 25.0. The Balaban J connectivity index is 1.43. The second-order valence-electron chi connectivity index (χ2n) is 10.7. The SMILES string of the molecule is CC1(C)OB(N2CN=C3c4cccc(OC(F)F)c4[C@H]4C[C@H](c5nc6ccccc6n54)N32)OC1(C)C. The number of ether oxygens (including phenoxy) is 1. The van der Waals surface area contributed by atoms with Gasteiger partial charge in [-0.2, -0.15) is 13.7 Å². The minimum atomic E-state index is -2.93. The molecule has 2 bridgehead atoms. The number of benzene rings is 2. The molecule has 2 aromatic carbocycles. The van der Waals surface area contributed by atoms with Crippen LogP contribution in [0.4, 0.5) is 8.78 Å². The lowest BCUT2D eigenvalue weighted by Gasteiger charge is -2.35. The van der Waals surface area contributed by atoms with Crippen molar-refractivity contribution in [1.29, 1.82) is 0 Å². The normalized spacial score (nSPS) is 25.7. The van der Waals surface area contributed by atoms with Gasteiger partial charge in [0.1, 0.15) is 30.1 Å². The molecular formula is C25H26BF2N5O3. The Morgan fingerprint density at radius 1 is 1.03 bits per heavy atom. The number of para-hydroxylation sites is 2. The summed E-state index contributed by atoms with van der Waals surface area (Å²) in [5.41, 5.74) is 2.24. The zero-order valence-corrected chi connectivity index (χ0v) is 20.5. The number of rotatable bonds is 3. The van der Waals surface area contributed by atoms with E-state index in [2.05, 4.69) is 9.58 Å². The van der Waals surface area contributed by atoms with Gasteiger partial charge in [0.05, 0.1) is 28.3 Å². The van der Waals surface area contributed by atoms with Gasteiger partial charge in [-0.15, -0.1) is 0 Å². The Kier molecular flexibility index (Phi) is 4.48. The summed E-state index contributed by atoms with van der Waals surface area (Å²) in [6.07, 6.45) is 0.624. The molecule has 0 amide bonds. The summed E-state index contributed by atoms with van der Waals surface area (Å²) in [5, 5.41) is 2.10. The molecule has 0 spiro atoms. The number of imidazole rings is 1. The highest BCUT2D eigenvalue weighted by Crippen LogP contribution is 2.52. The molecule has 0 radical (unpaired) electrons. The van der Waals surface area contributed by atoms with Crippen molar-refractivity contribution in [3.05, 3.63) is 59.4 Å². The maximum Gasteiger partial charge on any atom is 0.579 e. The fourth-order valence-electron chi connectivity index (χ4n) is 5.82. The Morgan fingerprint density at radius 2 is 1.78 bits per heavy atom. The largest absolute Gasteiger partial charge is 0.579 e. The summed E-state index contributed by atoms with van der Waals surface area (Å²) in [5.74, 6) is 1.70. The van der Waals surface area contributed by atoms with Gasteiger partial charge in [-0.3, -0.25) is 10.0 Å². The van der Waals surface area contributed by atoms with Crippen LogP contribution in [0.5, 0.6) is 5.75 Å². The van der Waals surface area contributed by atoms with Crippen LogP contribution >= 0.6 is 0 Å². The quantitative estimate of drug-likeness (QED) is 0.501. The first-order chi connectivity index (χ1) is 17.2. The molecule has 0 unspecified atom stereocenters. The maximum absolute atomic E-state index is 13.5. The van der Waals surface area contributed by atoms with Gasteiger partial charge in [-0.1, -0.05) is 24.3 Å². The fourth-order valence-corrected chi connectivity index (χ4v) is 5.82. The maximum atomic E-state index is 13.5. The molecule has 3 aromatic rings. The molecule has 2 atom stereocenters. The summed E-state index contributed by atoms with van der Waals surface area (Å²) in [4.78, 5) is 11.8. The van der Waals surface area contributed by atoms with E-state index in [1.807, 2.05) is 62.9 Å². The van der Waals surface area contributed by atoms with Crippen molar-refractivity contribution in [2.24, 2.45) is 4.99 Å². The predicted octanol–water partition coefficient (Wildman–Crippen LogP) is 4.51. The third-order valence-corrected chi connectivity index (χ3v) is 8.17. The lowest BCUT2D eigenvalue weighted by Crippen LogP contribution is -2.53. The van der Waals surface area contributed by atoms with Gasteiger partial charge < -0.3 is 18.6 Å². The lowest BCUT2D eigenvalue weighted by molar-refractivity contribution is -0.0507. The molecule has 36 heavy (non-hydrogen) atoms. The van der Waals surface area contributed by atoms with E-state index < -0.39 is 25.1 Å². The van der Waals surface area contributed by atoms with Crippen molar-refractivity contribution in [1.82, 2.24) is 19.5 Å². The molecule has 7 rings (SSSR count). The van der Waals surface area contributed by atoms with Crippen LogP contribution in [0.1, 0.15) is 63.2 Å². The van der Waals surface area contributed by atoms with Gasteiger partial charge in [0.2, 0.25) is 0 Å². The summed E-state index contributed by atoms with van der Waals surface area (Å²) in [6.45, 7) is 5.44. The number of hydrogen-bond acceptors (Lipinski definition) is 7. The van der Waals surface area contributed by atoms with E-state index in [0.29, 0.717) is 24.5 Å². The minimum Gasteiger partial charge on any atom is -0.434 e. The highest BCUT2D eigenvalue weighted by atomic mass is 19.3. The molecule has 4 aliphatic rings. The fraction of sp³-hybridized carbons (Fsp3) is 0.440. The first-order valence-corrected chi connectivity index (χ1v) is 12.2. The topological polar surface area (TPSA) is 64.4 Å². The zero-order valence-electron chi connectivity index (χ0n) is 20.5. The molecular weight excluding hydrogens is 467 g/mol. The van der Waals surface area contributed by atoms with Gasteiger partial charge in [-0.05, 0) is 45.9 Å². The van der Waals surface area contributed by atoms with E-state index >= 15 is 0 Å². The second-order valence-corrected chi connectivity index (χ2v) is 10.7. The Hall–Kier alpha value is -3.02. The Labute approximate surface area is 207 Å². The van der Waals surface area contributed by atoms with Crippen molar-refractivity contribution in [2.75, 3.05) is 6.67 Å². The number of halogens is 2. The first-order valence-electron chi connectivity index (χ1n) is 12.2. The van der Waals surface area contributed by atoms with Gasteiger partial charge in [-0.25, -0.2) is 4.98 Å². The number of fused-ring (bicyclic) bond motifs is 6. The molecule has 1 fully saturated rings. The van der Waals surface area contributed by atoms with Crippen molar-refractivity contribution >= 4 is 24.1 Å². The molecule has 0 N–H and O–H groups in total. The molecule has 186 valence electrons. The summed E-state index contributed by atoms with van der Waals surface area (Å²) < 4.78 is 47.0. The van der Waals surface area contributed by atoms with E-state index in [-0.39, 0.29) is 17.8 Å². The van der Waals surface area contributed by atoms with Crippen molar-refractivity contribution in [3.8, 4) is 5.75 Å². The van der Waals surface area contributed by atoms with E-state index in [9.17, 15) is 8.78 Å². The molecule has 0 aliphatic carbocycles. The van der Waals surface area contributed by atoms with Crippen LogP contribution in [0.15, 0.2) is 47.5 Å². The minimum absolute atomic E-state index is 0.163. The van der Waals surface area contributed by atoms with Gasteiger partial charge in [0, 0.05) is 17.5 Å². The van der Waals surface area contributed by atoms with Crippen LogP contribution < -0.4 is 4.74 Å². The third-order valence-electron chi connectivity index (χ3n) is 8.17. The average Bonchev–Trinajstić information content (AvgIpc) is 3.51. The molecule has 5 heterocycles. The number of hydrazine groups is 1. The van der Waals surface area contributed by atoms with Crippen LogP contribution in [-0.4, -0.2) is 57.1 Å². The van der Waals surface area contributed by atoms with E-state index in [4.69, 9.17) is 24.0 Å². The van der Waals surface area contributed by atoms with Gasteiger partial charge in [0.25, 0.3) is 0 Å². The highest BCUT2D eigenvalue weighted by molar-refractivity contribution is 6.42. The highest BCUT2D eigenvalue weighted by Gasteiger charge is 2.59. The van der Waals surface area contributed by atoms with Crippen LogP contribution in [0.3, 0.4) is 0 Å². The predicted molar refractivity (Wildman–Crippen MR) is 129 cm³/mol. The van der Waals surface area contributed by atoms with Gasteiger partial charge >= 0.3 is 13.9 Å². The summed E-state index contributed by atoms with van der Waals surface area (Å²) >= 11 is 0. The van der Waals surface area contributed by atoms with Crippen LogP contribution in [0.2, 0.25) is 0 Å². The third kappa shape index (κ3) is 2.90. The van der Waals surface area contributed by atoms with Crippen LogP contribution in [-0.2, 0) is 9.31 Å². The number of hydrogen-bond donors (Lipinski definition) is 0. The van der Waals surface area contributed by atoms with Crippen molar-refractivity contribution in [2.45, 2.75) is 64.0 Å². The number of aliphatic imine (C=N–C) groups is 1. The number of amidine groups is 1. The Bertz CT molecular complexity index is 1410. The average molecular weight is 493 g/mol. The number of aromatic nitrogens is 2. The van der Waals surface area contributed by atoms with Crippen LogP contribution in [0, 0.1) is 0 Å². The number of nitrogens with zero attached hydrogens (tertiary/aromatic N) is 5. The molecule has 1 saturated heterocycles. The Morgan fingerprint density at radius 3 is 2.53 bits per heavy atom. The summed E-state index contributed by atoms with van der Waals surface area (Å²) in [7, 11) is -0.657. The number of alkyl halides is 2. The molecule has 8 nitrogen and oxygen atoms in total. The van der Waals surface area contributed by atoms with Crippen molar-refractivity contribution in [3.63, 3.8) is 0 Å². The van der Waals surface area contributed by atoms with E-state index in [1.165, 1.54) is 0 Å². The van der Waals surface area contributed by atoms with E-state index in [1.54, 1.807) is 12.1 Å². The van der Waals surface area contributed by atoms with Crippen molar-refractivity contribution < 1.29 is 22.8 Å². The first kappa shape index (κ1) is 22.2. The molecule has 4 aliphatic heterocycles. The smallest absolute Gasteiger partial charge is 0.434 e. The van der Waals surface area contributed by atoms with Gasteiger partial charge in [0.15, 0.2) is 0 Å². The molecule has 0 saturated carbocycles.